The number of nitrogens with one attached hydrogen (secondary N) is 2. The summed E-state index contributed by atoms with van der Waals surface area (Å²) in [6, 6.07) is 4.18. The SMILES string of the molecule is COC(C)(C)C[C@H](C)NC(=O)N1CCC(Nc2cccnn2)CC1. The molecule has 1 aliphatic rings. The second-order valence-corrected chi connectivity index (χ2v) is 7.03. The predicted molar refractivity (Wildman–Crippen MR) is 93.9 cm³/mol. The van der Waals surface area contributed by atoms with E-state index in [0.717, 1.165) is 38.2 Å². The molecule has 0 bridgehead atoms. The van der Waals surface area contributed by atoms with Crippen LogP contribution in [0.1, 0.15) is 40.0 Å². The average molecular weight is 335 g/mol. The number of likely N-dealkylation sites (tertiary alicyclic amines) is 1. The van der Waals surface area contributed by atoms with Crippen LogP contribution in [0.25, 0.3) is 0 Å². The third-order valence-electron chi connectivity index (χ3n) is 4.43. The number of anilines is 1. The fraction of sp³-hybridized carbons (Fsp3) is 0.706. The summed E-state index contributed by atoms with van der Waals surface area (Å²) >= 11 is 0. The van der Waals surface area contributed by atoms with Crippen LogP contribution < -0.4 is 10.6 Å². The van der Waals surface area contributed by atoms with Crippen molar-refractivity contribution >= 4 is 11.8 Å². The summed E-state index contributed by atoms with van der Waals surface area (Å²) < 4.78 is 5.42. The molecule has 0 saturated carbocycles. The van der Waals surface area contributed by atoms with E-state index in [4.69, 9.17) is 4.74 Å². The molecule has 0 spiro atoms. The molecule has 2 rings (SSSR count). The van der Waals surface area contributed by atoms with Crippen LogP contribution in [0.15, 0.2) is 18.3 Å². The van der Waals surface area contributed by atoms with Gasteiger partial charge in [-0.05, 0) is 52.2 Å². The summed E-state index contributed by atoms with van der Waals surface area (Å²) in [5.74, 6) is 0.788. The number of nitrogens with zero attached hydrogens (tertiary/aromatic N) is 3. The first-order chi connectivity index (χ1) is 11.4. The summed E-state index contributed by atoms with van der Waals surface area (Å²) in [5.41, 5.74) is -0.236. The van der Waals surface area contributed by atoms with Gasteiger partial charge in [-0.2, -0.15) is 5.10 Å². The number of rotatable bonds is 6. The fourth-order valence-corrected chi connectivity index (χ4v) is 2.99. The van der Waals surface area contributed by atoms with E-state index in [1.54, 1.807) is 13.3 Å². The van der Waals surface area contributed by atoms with E-state index in [1.807, 2.05) is 37.8 Å². The minimum Gasteiger partial charge on any atom is -0.379 e. The van der Waals surface area contributed by atoms with Gasteiger partial charge in [0, 0.05) is 38.5 Å². The zero-order valence-corrected chi connectivity index (χ0v) is 15.1. The molecule has 0 unspecified atom stereocenters. The number of piperidine rings is 1. The van der Waals surface area contributed by atoms with Crippen molar-refractivity contribution in [2.45, 2.75) is 57.7 Å². The fourth-order valence-electron chi connectivity index (χ4n) is 2.99. The van der Waals surface area contributed by atoms with E-state index in [9.17, 15) is 4.79 Å². The topological polar surface area (TPSA) is 79.4 Å². The van der Waals surface area contributed by atoms with Crippen molar-refractivity contribution in [3.63, 3.8) is 0 Å². The molecule has 1 fully saturated rings. The number of amides is 2. The van der Waals surface area contributed by atoms with E-state index in [1.165, 1.54) is 0 Å². The third-order valence-corrected chi connectivity index (χ3v) is 4.43. The van der Waals surface area contributed by atoms with Crippen LogP contribution in [0.4, 0.5) is 10.6 Å². The molecular formula is C17H29N5O2. The van der Waals surface area contributed by atoms with Crippen LogP contribution in [0.2, 0.25) is 0 Å². The second-order valence-electron chi connectivity index (χ2n) is 7.03. The largest absolute Gasteiger partial charge is 0.379 e. The maximum absolute atomic E-state index is 12.4. The first-order valence-corrected chi connectivity index (χ1v) is 8.54. The summed E-state index contributed by atoms with van der Waals surface area (Å²) in [6.45, 7) is 7.55. The zero-order chi connectivity index (χ0) is 17.6. The third kappa shape index (κ3) is 5.63. The molecule has 7 nitrogen and oxygen atoms in total. The Bertz CT molecular complexity index is 515. The van der Waals surface area contributed by atoms with Gasteiger partial charge in [-0.25, -0.2) is 4.79 Å². The minimum atomic E-state index is -0.236. The van der Waals surface area contributed by atoms with Gasteiger partial charge < -0.3 is 20.3 Å². The first-order valence-electron chi connectivity index (χ1n) is 8.54. The highest BCUT2D eigenvalue weighted by Gasteiger charge is 2.26. The van der Waals surface area contributed by atoms with Gasteiger partial charge in [0.25, 0.3) is 0 Å². The molecule has 7 heteroatoms. The Kier molecular flexibility index (Phi) is 6.36. The molecule has 1 aromatic rings. The molecule has 1 saturated heterocycles. The Balaban J connectivity index is 1.74. The molecule has 134 valence electrons. The molecule has 1 atom stereocenters. The molecule has 2 amide bonds. The standard InChI is InChI=1S/C17H29N5O2/c1-13(12-17(2,3)24-4)19-16(23)22-10-7-14(8-11-22)20-15-6-5-9-18-21-15/h5-6,9,13-14H,7-8,10-12H2,1-4H3,(H,19,23)(H,20,21)/t13-/m0/s1. The Morgan fingerprint density at radius 3 is 2.75 bits per heavy atom. The molecule has 0 radical (unpaired) electrons. The van der Waals surface area contributed by atoms with Gasteiger partial charge in [0.1, 0.15) is 5.82 Å². The maximum atomic E-state index is 12.4. The lowest BCUT2D eigenvalue weighted by Gasteiger charge is -2.34. The molecule has 2 heterocycles. The van der Waals surface area contributed by atoms with Gasteiger partial charge in [0.05, 0.1) is 5.60 Å². The van der Waals surface area contributed by atoms with E-state index < -0.39 is 0 Å². The summed E-state index contributed by atoms with van der Waals surface area (Å²) in [7, 11) is 1.70. The molecular weight excluding hydrogens is 306 g/mol. The van der Waals surface area contributed by atoms with Gasteiger partial charge in [-0.1, -0.05) is 0 Å². The van der Waals surface area contributed by atoms with E-state index in [-0.39, 0.29) is 17.7 Å². The van der Waals surface area contributed by atoms with E-state index in [2.05, 4.69) is 20.8 Å². The van der Waals surface area contributed by atoms with Gasteiger partial charge in [0.15, 0.2) is 0 Å². The number of methoxy groups -OCH3 is 1. The van der Waals surface area contributed by atoms with Gasteiger partial charge in [-0.15, -0.1) is 5.10 Å². The number of ether oxygens (including phenoxy) is 1. The average Bonchev–Trinajstić information content (AvgIpc) is 2.56. The lowest BCUT2D eigenvalue weighted by Crippen LogP contribution is -2.50. The highest BCUT2D eigenvalue weighted by molar-refractivity contribution is 5.74. The highest BCUT2D eigenvalue weighted by atomic mass is 16.5. The van der Waals surface area contributed by atoms with Gasteiger partial charge in [-0.3, -0.25) is 0 Å². The number of urea groups is 1. The quantitative estimate of drug-likeness (QED) is 0.834. The zero-order valence-electron chi connectivity index (χ0n) is 15.1. The minimum absolute atomic E-state index is 0.00681. The van der Waals surface area contributed by atoms with E-state index in [0.29, 0.717) is 6.04 Å². The van der Waals surface area contributed by atoms with Crippen molar-refractivity contribution in [1.82, 2.24) is 20.4 Å². The highest BCUT2D eigenvalue weighted by Crippen LogP contribution is 2.17. The van der Waals surface area contributed by atoms with Gasteiger partial charge >= 0.3 is 6.03 Å². The Labute approximate surface area is 144 Å². The molecule has 24 heavy (non-hydrogen) atoms. The maximum Gasteiger partial charge on any atom is 0.317 e. The Morgan fingerprint density at radius 2 is 2.17 bits per heavy atom. The van der Waals surface area contributed by atoms with Crippen molar-refractivity contribution in [2.24, 2.45) is 0 Å². The lowest BCUT2D eigenvalue weighted by atomic mass is 10.00. The Morgan fingerprint density at radius 1 is 1.46 bits per heavy atom. The first kappa shape index (κ1) is 18.4. The molecule has 0 aliphatic carbocycles. The summed E-state index contributed by atoms with van der Waals surface area (Å²) in [5, 5.41) is 14.3. The Hall–Kier alpha value is -1.89. The number of hydrogen-bond donors (Lipinski definition) is 2. The number of carbonyl (C=O) groups is 1. The van der Waals surface area contributed by atoms with Crippen molar-refractivity contribution in [1.29, 1.82) is 0 Å². The molecule has 0 aromatic carbocycles. The van der Waals surface area contributed by atoms with Gasteiger partial charge in [0.2, 0.25) is 0 Å². The normalized spacial score (nSPS) is 17.4. The van der Waals surface area contributed by atoms with Crippen molar-refractivity contribution < 1.29 is 9.53 Å². The monoisotopic (exact) mass is 335 g/mol. The molecule has 2 N–H and O–H groups in total. The van der Waals surface area contributed by atoms with Crippen molar-refractivity contribution in [3.05, 3.63) is 18.3 Å². The second kappa shape index (κ2) is 8.28. The van der Waals surface area contributed by atoms with Crippen LogP contribution >= 0.6 is 0 Å². The summed E-state index contributed by atoms with van der Waals surface area (Å²) in [6.07, 6.45) is 4.24. The van der Waals surface area contributed by atoms with E-state index >= 15 is 0 Å². The smallest absolute Gasteiger partial charge is 0.317 e. The summed E-state index contributed by atoms with van der Waals surface area (Å²) in [4.78, 5) is 14.3. The molecule has 1 aromatic heterocycles. The van der Waals surface area contributed by atoms with Crippen LogP contribution in [0.5, 0.6) is 0 Å². The van der Waals surface area contributed by atoms with Crippen molar-refractivity contribution in [2.75, 3.05) is 25.5 Å². The number of carbonyl (C=O) groups excluding carboxylic acids is 1. The van der Waals surface area contributed by atoms with Crippen LogP contribution in [-0.4, -0.2) is 59.0 Å². The predicted octanol–water partition coefficient (Wildman–Crippen LogP) is 2.27. The van der Waals surface area contributed by atoms with Crippen LogP contribution in [0, 0.1) is 0 Å². The number of aromatic nitrogens is 2. The molecule has 1 aliphatic heterocycles. The lowest BCUT2D eigenvalue weighted by molar-refractivity contribution is 0.00908. The van der Waals surface area contributed by atoms with Crippen LogP contribution in [-0.2, 0) is 4.74 Å². The van der Waals surface area contributed by atoms with Crippen molar-refractivity contribution in [3.8, 4) is 0 Å². The van der Waals surface area contributed by atoms with Crippen LogP contribution in [0.3, 0.4) is 0 Å². The number of hydrogen-bond acceptors (Lipinski definition) is 5.